The van der Waals surface area contributed by atoms with Crippen molar-refractivity contribution < 1.29 is 26.4 Å². The minimum absolute atomic E-state index is 0.00317. The van der Waals surface area contributed by atoms with Gasteiger partial charge in [-0.15, -0.1) is 0 Å². The number of hydrogen-bond donors (Lipinski definition) is 1. The highest BCUT2D eigenvalue weighted by Gasteiger charge is 2.43. The third kappa shape index (κ3) is 7.10. The van der Waals surface area contributed by atoms with Crippen molar-refractivity contribution >= 4 is 42.9 Å². The van der Waals surface area contributed by atoms with E-state index < -0.39 is 32.0 Å². The van der Waals surface area contributed by atoms with Crippen LogP contribution in [0.15, 0.2) is 142 Å². The summed E-state index contributed by atoms with van der Waals surface area (Å²) in [5.41, 5.74) is 4.14. The van der Waals surface area contributed by atoms with Crippen LogP contribution in [-0.2, 0) is 31.4 Å². The Morgan fingerprint density at radius 2 is 1.36 bits per heavy atom. The van der Waals surface area contributed by atoms with Gasteiger partial charge in [0.1, 0.15) is 18.4 Å². The number of nitrogens with zero attached hydrogens (tertiary/aromatic N) is 3. The van der Waals surface area contributed by atoms with Crippen LogP contribution in [0.4, 0.5) is 0 Å². The van der Waals surface area contributed by atoms with Crippen molar-refractivity contribution in [3.05, 3.63) is 139 Å². The molecule has 0 radical (unpaired) electrons. The predicted molar refractivity (Wildman–Crippen MR) is 180 cm³/mol. The van der Waals surface area contributed by atoms with Gasteiger partial charge in [-0.1, -0.05) is 78.9 Å². The zero-order valence-electron chi connectivity index (χ0n) is 25.2. The number of rotatable bonds is 10. The number of sulfonamides is 2. The highest BCUT2D eigenvalue weighted by Crippen LogP contribution is 2.26. The van der Waals surface area contributed by atoms with Crippen LogP contribution in [0.2, 0.25) is 0 Å². The molecule has 1 amide bonds. The molecule has 240 valence electrons. The van der Waals surface area contributed by atoms with Crippen LogP contribution in [0.5, 0.6) is 5.75 Å². The van der Waals surface area contributed by atoms with Crippen molar-refractivity contribution in [2.24, 2.45) is 5.10 Å². The lowest BCUT2D eigenvalue weighted by Gasteiger charge is -2.38. The molecule has 10 nitrogen and oxygen atoms in total. The Labute approximate surface area is 274 Å². The Bertz CT molecular complexity index is 2100. The standard InChI is InChI=1S/C35H32N4O6S2/c40-35(37-36-24-27-18-20-30(21-19-27)45-26-29-12-9-11-28-10-7-8-17-33(28)29)34-25-38(46(41,42)31-13-3-1-4-14-31)22-23-39(34)47(43,44)32-15-5-2-6-16-32/h1-21,24,34H,22-23,25-26H2,(H,37,40)/b36-24-/t34-/m1/s1. The number of piperazine rings is 1. The second-order valence-electron chi connectivity index (χ2n) is 10.9. The van der Waals surface area contributed by atoms with Crippen molar-refractivity contribution in [3.8, 4) is 5.75 Å². The molecule has 0 spiro atoms. The van der Waals surface area contributed by atoms with Crippen LogP contribution in [0.3, 0.4) is 0 Å². The van der Waals surface area contributed by atoms with Gasteiger partial charge in [0.2, 0.25) is 20.0 Å². The molecule has 1 aliphatic rings. The Morgan fingerprint density at radius 3 is 2.06 bits per heavy atom. The lowest BCUT2D eigenvalue weighted by molar-refractivity contribution is -0.125. The second kappa shape index (κ2) is 13.9. The fraction of sp³-hybridized carbons (Fsp3) is 0.143. The molecule has 0 saturated carbocycles. The fourth-order valence-corrected chi connectivity index (χ4v) is 8.45. The van der Waals surface area contributed by atoms with Crippen molar-refractivity contribution in [1.29, 1.82) is 0 Å². The Kier molecular flexibility index (Phi) is 9.45. The number of nitrogens with one attached hydrogen (secondary N) is 1. The van der Waals surface area contributed by atoms with Crippen LogP contribution in [0, 0.1) is 0 Å². The average molecular weight is 669 g/mol. The van der Waals surface area contributed by atoms with Gasteiger partial charge >= 0.3 is 0 Å². The number of benzene rings is 5. The number of ether oxygens (including phenoxy) is 1. The highest BCUT2D eigenvalue weighted by atomic mass is 32.2. The van der Waals surface area contributed by atoms with Crippen LogP contribution in [-0.4, -0.2) is 63.2 Å². The lowest BCUT2D eigenvalue weighted by atomic mass is 10.1. The molecule has 1 saturated heterocycles. The Morgan fingerprint density at radius 1 is 0.745 bits per heavy atom. The summed E-state index contributed by atoms with van der Waals surface area (Å²) in [7, 11) is -8.11. The van der Waals surface area contributed by atoms with Gasteiger partial charge in [-0.3, -0.25) is 4.79 Å². The van der Waals surface area contributed by atoms with E-state index in [1.54, 1.807) is 60.7 Å². The van der Waals surface area contributed by atoms with E-state index in [9.17, 15) is 21.6 Å². The smallest absolute Gasteiger partial charge is 0.259 e. The fourth-order valence-electron chi connectivity index (χ4n) is 5.40. The number of amides is 1. The first kappa shape index (κ1) is 32.1. The molecule has 5 aromatic carbocycles. The first-order chi connectivity index (χ1) is 22.7. The summed E-state index contributed by atoms with van der Waals surface area (Å²) in [5, 5.41) is 6.32. The van der Waals surface area contributed by atoms with E-state index in [1.165, 1.54) is 30.5 Å². The van der Waals surface area contributed by atoms with Gasteiger partial charge in [0.25, 0.3) is 5.91 Å². The van der Waals surface area contributed by atoms with Crippen molar-refractivity contribution in [2.45, 2.75) is 22.4 Å². The molecule has 12 heteroatoms. The van der Waals surface area contributed by atoms with Crippen LogP contribution < -0.4 is 10.2 Å². The molecule has 0 unspecified atom stereocenters. The molecular weight excluding hydrogens is 637 g/mol. The number of hydrogen-bond acceptors (Lipinski definition) is 7. The molecule has 1 aliphatic heterocycles. The molecular formula is C35H32N4O6S2. The molecule has 1 N–H and O–H groups in total. The summed E-state index contributed by atoms with van der Waals surface area (Å²) in [4.78, 5) is 13.5. The maximum atomic E-state index is 13.6. The second-order valence-corrected chi connectivity index (χ2v) is 14.7. The number of hydrazone groups is 1. The molecule has 1 fully saturated rings. The largest absolute Gasteiger partial charge is 0.489 e. The molecule has 0 aromatic heterocycles. The summed E-state index contributed by atoms with van der Waals surface area (Å²) in [6.45, 7) is -0.324. The molecule has 1 atom stereocenters. The molecule has 6 rings (SSSR count). The normalized spacial score (nSPS) is 16.3. The van der Waals surface area contributed by atoms with Gasteiger partial charge in [0.15, 0.2) is 0 Å². The summed E-state index contributed by atoms with van der Waals surface area (Å²) in [5.74, 6) is -0.105. The van der Waals surface area contributed by atoms with Crippen molar-refractivity contribution in [3.63, 3.8) is 0 Å². The first-order valence-corrected chi connectivity index (χ1v) is 17.8. The van der Waals surface area contributed by atoms with E-state index in [0.717, 1.165) is 24.9 Å². The van der Waals surface area contributed by atoms with Gasteiger partial charge < -0.3 is 4.74 Å². The van der Waals surface area contributed by atoms with Crippen LogP contribution in [0.1, 0.15) is 11.1 Å². The average Bonchev–Trinajstić information content (AvgIpc) is 3.11. The number of fused-ring (bicyclic) bond motifs is 1. The molecule has 1 heterocycles. The minimum Gasteiger partial charge on any atom is -0.489 e. The van der Waals surface area contributed by atoms with Crippen molar-refractivity contribution in [2.75, 3.05) is 19.6 Å². The Hall–Kier alpha value is -4.88. The predicted octanol–water partition coefficient (Wildman–Crippen LogP) is 4.63. The SMILES string of the molecule is O=C(N/N=C\c1ccc(OCc2cccc3ccccc23)cc1)[C@H]1CN(S(=O)(=O)c2ccccc2)CCN1S(=O)(=O)c1ccccc1. The summed E-state index contributed by atoms with van der Waals surface area (Å²) >= 11 is 0. The quantitative estimate of drug-likeness (QED) is 0.171. The molecule has 0 aliphatic carbocycles. The van der Waals surface area contributed by atoms with Gasteiger partial charge in [0.05, 0.1) is 16.0 Å². The Balaban J connectivity index is 1.15. The van der Waals surface area contributed by atoms with Crippen LogP contribution >= 0.6 is 0 Å². The monoisotopic (exact) mass is 668 g/mol. The summed E-state index contributed by atoms with van der Waals surface area (Å²) in [6, 6.07) is 35.5. The summed E-state index contributed by atoms with van der Waals surface area (Å²) < 4.78 is 62.1. The first-order valence-electron chi connectivity index (χ1n) is 14.9. The topological polar surface area (TPSA) is 125 Å². The summed E-state index contributed by atoms with van der Waals surface area (Å²) in [6.07, 6.45) is 1.42. The minimum atomic E-state index is -4.12. The number of carbonyl (C=O) groups is 1. The third-order valence-electron chi connectivity index (χ3n) is 7.87. The molecule has 47 heavy (non-hydrogen) atoms. The van der Waals surface area contributed by atoms with Gasteiger partial charge in [-0.25, -0.2) is 22.3 Å². The van der Waals surface area contributed by atoms with Gasteiger partial charge in [-0.2, -0.15) is 13.7 Å². The number of carbonyl (C=O) groups excluding carboxylic acids is 1. The van der Waals surface area contributed by atoms with E-state index in [2.05, 4.69) is 28.7 Å². The van der Waals surface area contributed by atoms with Crippen molar-refractivity contribution in [1.82, 2.24) is 14.0 Å². The van der Waals surface area contributed by atoms with E-state index in [4.69, 9.17) is 4.74 Å². The molecule has 5 aromatic rings. The molecule has 0 bridgehead atoms. The third-order valence-corrected chi connectivity index (χ3v) is 11.7. The zero-order valence-corrected chi connectivity index (χ0v) is 26.8. The highest BCUT2D eigenvalue weighted by molar-refractivity contribution is 7.89. The maximum absolute atomic E-state index is 13.6. The van der Waals surface area contributed by atoms with E-state index in [-0.39, 0.29) is 29.4 Å². The van der Waals surface area contributed by atoms with E-state index in [1.807, 2.05) is 24.3 Å². The van der Waals surface area contributed by atoms with E-state index in [0.29, 0.717) is 17.9 Å². The zero-order chi connectivity index (χ0) is 32.9. The maximum Gasteiger partial charge on any atom is 0.259 e. The van der Waals surface area contributed by atoms with Crippen LogP contribution in [0.25, 0.3) is 10.8 Å². The van der Waals surface area contributed by atoms with Gasteiger partial charge in [0, 0.05) is 19.6 Å². The lowest BCUT2D eigenvalue weighted by Crippen LogP contribution is -2.60. The van der Waals surface area contributed by atoms with E-state index >= 15 is 0 Å². The van der Waals surface area contributed by atoms with Gasteiger partial charge in [-0.05, 0) is 70.4 Å².